The Kier molecular flexibility index (Phi) is 2.94. The number of aliphatic hydroxyl groups is 1. The van der Waals surface area contributed by atoms with Crippen LogP contribution in [0.1, 0.15) is 38.5 Å². The molecule has 2 nitrogen and oxygen atoms in total. The Morgan fingerprint density at radius 2 is 2.00 bits per heavy atom. The summed E-state index contributed by atoms with van der Waals surface area (Å²) in [5, 5.41) is 10.7. The zero-order valence-corrected chi connectivity index (χ0v) is 11.8. The van der Waals surface area contributed by atoms with Crippen LogP contribution in [0.5, 0.6) is 0 Å². The summed E-state index contributed by atoms with van der Waals surface area (Å²) in [4.78, 5) is 0. The molecule has 0 aromatic carbocycles. The summed E-state index contributed by atoms with van der Waals surface area (Å²) >= 11 is 2.03. The monoisotopic (exact) mass is 268 g/mol. The molecule has 1 N–H and O–H groups in total. The van der Waals surface area contributed by atoms with Crippen molar-refractivity contribution < 1.29 is 9.84 Å². The summed E-state index contributed by atoms with van der Waals surface area (Å²) in [6.07, 6.45) is 7.45. The van der Waals surface area contributed by atoms with Gasteiger partial charge in [0.2, 0.25) is 0 Å². The molecule has 0 amide bonds. The van der Waals surface area contributed by atoms with Crippen molar-refractivity contribution in [1.82, 2.24) is 0 Å². The van der Waals surface area contributed by atoms with E-state index in [4.69, 9.17) is 4.74 Å². The standard InChI is InChI=1S/C15H24O2S/c16-14(13-6-11-5-12(11)7-13)10-1-3-17-15(8-10)2-4-18-9-15/h10-14,16H,1-9H2. The van der Waals surface area contributed by atoms with Crippen molar-refractivity contribution in [1.29, 1.82) is 0 Å². The fraction of sp³-hybridized carbons (Fsp3) is 1.00. The SMILES string of the molecule is OC(C1CC2CC2C1)C1CCOC2(CCSC2)C1. The van der Waals surface area contributed by atoms with Gasteiger partial charge < -0.3 is 9.84 Å². The van der Waals surface area contributed by atoms with Gasteiger partial charge in [0.1, 0.15) is 0 Å². The Labute approximate surface area is 114 Å². The summed E-state index contributed by atoms with van der Waals surface area (Å²) in [6, 6.07) is 0. The van der Waals surface area contributed by atoms with Gasteiger partial charge in [-0.15, -0.1) is 0 Å². The lowest BCUT2D eigenvalue weighted by molar-refractivity contribution is -0.109. The van der Waals surface area contributed by atoms with Crippen LogP contribution < -0.4 is 0 Å². The van der Waals surface area contributed by atoms with Crippen molar-refractivity contribution in [2.45, 2.75) is 50.2 Å². The second-order valence-corrected chi connectivity index (χ2v) is 8.17. The van der Waals surface area contributed by atoms with Crippen LogP contribution in [0.3, 0.4) is 0 Å². The van der Waals surface area contributed by atoms with Gasteiger partial charge in [-0.1, -0.05) is 0 Å². The van der Waals surface area contributed by atoms with Crippen LogP contribution in [0.25, 0.3) is 0 Å². The molecule has 0 aromatic heterocycles. The molecule has 4 fully saturated rings. The lowest BCUT2D eigenvalue weighted by Gasteiger charge is -2.41. The number of hydrogen-bond donors (Lipinski definition) is 1. The smallest absolute Gasteiger partial charge is 0.0783 e. The Hall–Kier alpha value is 0.270. The van der Waals surface area contributed by atoms with Crippen LogP contribution in [-0.4, -0.2) is 34.9 Å². The minimum absolute atomic E-state index is 0.0378. The van der Waals surface area contributed by atoms with Crippen LogP contribution in [0.2, 0.25) is 0 Å². The van der Waals surface area contributed by atoms with Crippen LogP contribution >= 0.6 is 11.8 Å². The quantitative estimate of drug-likeness (QED) is 0.835. The summed E-state index contributed by atoms with van der Waals surface area (Å²) in [5.74, 6) is 5.51. The molecule has 0 bridgehead atoms. The molecule has 4 aliphatic rings. The molecule has 4 rings (SSSR count). The van der Waals surface area contributed by atoms with E-state index in [-0.39, 0.29) is 11.7 Å². The number of rotatable bonds is 2. The lowest BCUT2D eigenvalue weighted by Crippen LogP contribution is -2.44. The zero-order chi connectivity index (χ0) is 12.2. The second-order valence-electron chi connectivity index (χ2n) is 7.06. The van der Waals surface area contributed by atoms with Crippen LogP contribution in [0, 0.1) is 23.7 Å². The molecule has 5 unspecified atom stereocenters. The zero-order valence-electron chi connectivity index (χ0n) is 11.0. The Morgan fingerprint density at radius 1 is 1.17 bits per heavy atom. The van der Waals surface area contributed by atoms with E-state index in [1.165, 1.54) is 31.4 Å². The van der Waals surface area contributed by atoms with Gasteiger partial charge in [0.15, 0.2) is 0 Å². The first-order chi connectivity index (χ1) is 8.76. The molecular weight excluding hydrogens is 244 g/mol. The van der Waals surface area contributed by atoms with Crippen molar-refractivity contribution >= 4 is 11.8 Å². The van der Waals surface area contributed by atoms with Gasteiger partial charge in [0.05, 0.1) is 11.7 Å². The Balaban J connectivity index is 1.40. The highest BCUT2D eigenvalue weighted by Crippen LogP contribution is 2.56. The fourth-order valence-electron chi connectivity index (χ4n) is 4.65. The summed E-state index contributed by atoms with van der Waals surface area (Å²) in [7, 11) is 0. The summed E-state index contributed by atoms with van der Waals surface area (Å²) in [5.41, 5.74) is 0.135. The van der Waals surface area contributed by atoms with Gasteiger partial charge in [-0.25, -0.2) is 0 Å². The van der Waals surface area contributed by atoms with E-state index in [0.717, 1.165) is 37.0 Å². The first-order valence-corrected chi connectivity index (χ1v) is 8.81. The molecule has 3 heteroatoms. The van der Waals surface area contributed by atoms with E-state index >= 15 is 0 Å². The Morgan fingerprint density at radius 3 is 2.72 bits per heavy atom. The predicted molar refractivity (Wildman–Crippen MR) is 73.7 cm³/mol. The van der Waals surface area contributed by atoms with E-state index in [1.807, 2.05) is 11.8 Å². The van der Waals surface area contributed by atoms with Crippen LogP contribution in [0.15, 0.2) is 0 Å². The topological polar surface area (TPSA) is 29.5 Å². The van der Waals surface area contributed by atoms with Crippen LogP contribution in [-0.2, 0) is 4.74 Å². The van der Waals surface area contributed by atoms with E-state index in [0.29, 0.717) is 11.8 Å². The van der Waals surface area contributed by atoms with E-state index in [2.05, 4.69) is 0 Å². The fourth-order valence-corrected chi connectivity index (χ4v) is 6.02. The largest absolute Gasteiger partial charge is 0.393 e. The number of hydrogen-bond acceptors (Lipinski definition) is 3. The molecule has 5 atom stereocenters. The molecule has 102 valence electrons. The molecule has 2 saturated heterocycles. The summed E-state index contributed by atoms with van der Waals surface area (Å²) < 4.78 is 6.07. The maximum absolute atomic E-state index is 10.7. The van der Waals surface area contributed by atoms with E-state index < -0.39 is 0 Å². The van der Waals surface area contributed by atoms with Gasteiger partial charge >= 0.3 is 0 Å². The van der Waals surface area contributed by atoms with Crippen molar-refractivity contribution in [3.8, 4) is 0 Å². The lowest BCUT2D eigenvalue weighted by atomic mass is 9.77. The van der Waals surface area contributed by atoms with Gasteiger partial charge in [0.25, 0.3) is 0 Å². The van der Waals surface area contributed by atoms with Gasteiger partial charge in [0, 0.05) is 12.4 Å². The average molecular weight is 268 g/mol. The van der Waals surface area contributed by atoms with E-state index in [9.17, 15) is 5.11 Å². The predicted octanol–water partition coefficient (Wildman–Crippen LogP) is 2.70. The number of aliphatic hydroxyl groups excluding tert-OH is 1. The van der Waals surface area contributed by atoms with Crippen molar-refractivity contribution in [2.75, 3.05) is 18.1 Å². The minimum atomic E-state index is -0.0378. The third-order valence-corrected chi connectivity index (χ3v) is 7.07. The third kappa shape index (κ3) is 2.03. The highest BCUT2D eigenvalue weighted by Gasteiger charge is 2.50. The highest BCUT2D eigenvalue weighted by atomic mass is 32.2. The number of ether oxygens (including phenoxy) is 1. The van der Waals surface area contributed by atoms with Crippen LogP contribution in [0.4, 0.5) is 0 Å². The molecule has 0 aromatic rings. The van der Waals surface area contributed by atoms with Gasteiger partial charge in [-0.05, 0) is 67.9 Å². The maximum atomic E-state index is 10.7. The number of fused-ring (bicyclic) bond motifs is 1. The molecule has 0 radical (unpaired) electrons. The van der Waals surface area contributed by atoms with Crippen molar-refractivity contribution in [2.24, 2.45) is 23.7 Å². The second kappa shape index (κ2) is 4.39. The first-order valence-electron chi connectivity index (χ1n) is 7.65. The summed E-state index contributed by atoms with van der Waals surface area (Å²) in [6.45, 7) is 0.877. The van der Waals surface area contributed by atoms with E-state index in [1.54, 1.807) is 0 Å². The van der Waals surface area contributed by atoms with Gasteiger partial charge in [-0.3, -0.25) is 0 Å². The molecule has 2 saturated carbocycles. The molecule has 18 heavy (non-hydrogen) atoms. The first kappa shape index (κ1) is 12.0. The normalized spacial score (nSPS) is 52.5. The Bertz CT molecular complexity index is 316. The molecule has 2 heterocycles. The van der Waals surface area contributed by atoms with Crippen molar-refractivity contribution in [3.63, 3.8) is 0 Å². The third-order valence-electron chi connectivity index (χ3n) is 5.84. The molecular formula is C15H24O2S. The minimum Gasteiger partial charge on any atom is -0.393 e. The maximum Gasteiger partial charge on any atom is 0.0783 e. The molecule has 2 aliphatic heterocycles. The molecule has 2 aliphatic carbocycles. The van der Waals surface area contributed by atoms with Crippen molar-refractivity contribution in [3.05, 3.63) is 0 Å². The van der Waals surface area contributed by atoms with Gasteiger partial charge in [-0.2, -0.15) is 11.8 Å². The highest BCUT2D eigenvalue weighted by molar-refractivity contribution is 7.99. The number of thioether (sulfide) groups is 1. The molecule has 1 spiro atoms. The average Bonchev–Trinajstić information content (AvgIpc) is 2.80.